The molecule has 0 atom stereocenters. The number of halogens is 1. The lowest BCUT2D eigenvalue weighted by Gasteiger charge is -2.36. The minimum atomic E-state index is -0.620. The summed E-state index contributed by atoms with van der Waals surface area (Å²) in [6.45, 7) is 6.77. The van der Waals surface area contributed by atoms with E-state index in [0.717, 1.165) is 18.8 Å². The van der Waals surface area contributed by atoms with Crippen molar-refractivity contribution in [2.45, 2.75) is 19.5 Å². The fourth-order valence-corrected chi connectivity index (χ4v) is 4.26. The van der Waals surface area contributed by atoms with Gasteiger partial charge in [-0.3, -0.25) is 19.0 Å². The number of para-hydroxylation sites is 2. The molecule has 0 N–H and O–H groups in total. The van der Waals surface area contributed by atoms with Gasteiger partial charge in [-0.25, -0.2) is 0 Å². The van der Waals surface area contributed by atoms with Gasteiger partial charge in [0.25, 0.3) is 0 Å². The Kier molecular flexibility index (Phi) is 6.46. The van der Waals surface area contributed by atoms with Crippen molar-refractivity contribution in [1.82, 2.24) is 14.0 Å². The van der Waals surface area contributed by atoms with E-state index in [1.54, 1.807) is 18.2 Å². The average molecular weight is 453 g/mol. The topological polar surface area (TPSA) is 67.5 Å². The molecule has 1 fully saturated rings. The second kappa shape index (κ2) is 9.44. The number of piperazine rings is 1. The van der Waals surface area contributed by atoms with E-state index in [0.29, 0.717) is 29.1 Å². The van der Waals surface area contributed by atoms with Crippen LogP contribution in [0, 0.1) is 0 Å². The summed E-state index contributed by atoms with van der Waals surface area (Å²) in [5, 5.41) is 0.697. The summed E-state index contributed by atoms with van der Waals surface area (Å²) >= 11 is 5.96. The predicted molar refractivity (Wildman–Crippen MR) is 128 cm³/mol. The Hall–Kier alpha value is -3.32. The Morgan fingerprint density at radius 3 is 2.12 bits per heavy atom. The number of rotatable bonds is 6. The molecule has 0 saturated carbocycles. The maximum atomic E-state index is 12.8. The number of aromatic nitrogens is 2. The molecule has 3 aromatic rings. The van der Waals surface area contributed by atoms with Crippen molar-refractivity contribution in [3.05, 3.63) is 86.9 Å². The highest BCUT2D eigenvalue weighted by molar-refractivity contribution is 6.30. The molecule has 8 heteroatoms. The van der Waals surface area contributed by atoms with Gasteiger partial charge in [0.1, 0.15) is 0 Å². The molecule has 2 heterocycles. The molecule has 166 valence electrons. The molecule has 7 nitrogen and oxygen atoms in total. The van der Waals surface area contributed by atoms with Gasteiger partial charge in [0.15, 0.2) is 0 Å². The molecule has 1 aromatic heterocycles. The maximum Gasteiger partial charge on any atom is 0.317 e. The number of amides is 1. The minimum Gasteiger partial charge on any atom is -0.368 e. The minimum absolute atomic E-state index is 0.0213. The highest BCUT2D eigenvalue weighted by Crippen LogP contribution is 2.20. The summed E-state index contributed by atoms with van der Waals surface area (Å²) in [5.41, 5.74) is 1.15. The van der Waals surface area contributed by atoms with Crippen LogP contribution in [0.25, 0.3) is 11.0 Å². The second-order valence-corrected chi connectivity index (χ2v) is 8.18. The number of fused-ring (bicyclic) bond motifs is 1. The first-order valence-electron chi connectivity index (χ1n) is 10.6. The molecule has 0 aliphatic carbocycles. The Bertz CT molecular complexity index is 1250. The van der Waals surface area contributed by atoms with Crippen LogP contribution in [0.2, 0.25) is 5.02 Å². The third-order valence-corrected chi connectivity index (χ3v) is 6.07. The van der Waals surface area contributed by atoms with Crippen LogP contribution in [0.1, 0.15) is 6.42 Å². The van der Waals surface area contributed by atoms with Crippen molar-refractivity contribution in [2.24, 2.45) is 0 Å². The number of hydrogen-bond acceptors (Lipinski definition) is 4. The quantitative estimate of drug-likeness (QED) is 0.426. The van der Waals surface area contributed by atoms with E-state index in [1.165, 1.54) is 9.13 Å². The maximum absolute atomic E-state index is 12.8. The Morgan fingerprint density at radius 2 is 1.50 bits per heavy atom. The monoisotopic (exact) mass is 452 g/mol. The van der Waals surface area contributed by atoms with Gasteiger partial charge in [-0.15, -0.1) is 6.58 Å². The third-order valence-electron chi connectivity index (χ3n) is 5.82. The lowest BCUT2D eigenvalue weighted by Crippen LogP contribution is -2.49. The number of nitrogens with zero attached hydrogens (tertiary/aromatic N) is 4. The van der Waals surface area contributed by atoms with Crippen LogP contribution in [-0.2, 0) is 17.9 Å². The van der Waals surface area contributed by atoms with Gasteiger partial charge in [-0.2, -0.15) is 0 Å². The van der Waals surface area contributed by atoms with Crippen LogP contribution < -0.4 is 16.0 Å². The number of allylic oxidation sites excluding steroid dienone is 1. The Balaban J connectivity index is 1.46. The molecular weight excluding hydrogens is 428 g/mol. The molecule has 0 radical (unpaired) electrons. The second-order valence-electron chi connectivity index (χ2n) is 7.74. The van der Waals surface area contributed by atoms with E-state index >= 15 is 0 Å². The third kappa shape index (κ3) is 4.34. The molecule has 0 bridgehead atoms. The van der Waals surface area contributed by atoms with Crippen molar-refractivity contribution in [1.29, 1.82) is 0 Å². The van der Waals surface area contributed by atoms with E-state index in [-0.39, 0.29) is 25.4 Å². The molecule has 1 saturated heterocycles. The Labute approximate surface area is 190 Å². The highest BCUT2D eigenvalue weighted by Gasteiger charge is 2.22. The van der Waals surface area contributed by atoms with Crippen molar-refractivity contribution >= 4 is 34.2 Å². The van der Waals surface area contributed by atoms with E-state index in [4.69, 9.17) is 11.6 Å². The number of anilines is 1. The van der Waals surface area contributed by atoms with Crippen LogP contribution in [0.3, 0.4) is 0 Å². The number of carbonyl (C=O) groups excluding carboxylic acids is 1. The lowest BCUT2D eigenvalue weighted by molar-refractivity contribution is -0.131. The van der Waals surface area contributed by atoms with Crippen molar-refractivity contribution in [3.8, 4) is 0 Å². The van der Waals surface area contributed by atoms with Crippen molar-refractivity contribution < 1.29 is 4.79 Å². The normalized spacial score (nSPS) is 14.0. The molecule has 2 aromatic carbocycles. The van der Waals surface area contributed by atoms with E-state index in [1.807, 2.05) is 41.3 Å². The summed E-state index contributed by atoms with van der Waals surface area (Å²) in [6, 6.07) is 14.9. The summed E-state index contributed by atoms with van der Waals surface area (Å²) in [7, 11) is 0. The summed E-state index contributed by atoms with van der Waals surface area (Å²) < 4.78 is 2.83. The first-order chi connectivity index (χ1) is 15.5. The number of aryl methyl sites for hydroxylation is 1. The smallest absolute Gasteiger partial charge is 0.317 e. The summed E-state index contributed by atoms with van der Waals surface area (Å²) in [5.74, 6) is -0.0213. The SMILES string of the molecule is C=CCn1c(=O)c(=O)n(CCC(=O)N2CCN(c3ccc(Cl)cc3)CC2)c2ccccc21. The lowest BCUT2D eigenvalue weighted by atomic mass is 10.2. The van der Waals surface area contributed by atoms with Crippen LogP contribution in [0.15, 0.2) is 70.8 Å². The molecule has 4 rings (SSSR count). The molecular formula is C24H25ClN4O3. The zero-order chi connectivity index (χ0) is 22.7. The van der Waals surface area contributed by atoms with Crippen LogP contribution >= 0.6 is 11.6 Å². The fourth-order valence-electron chi connectivity index (χ4n) is 4.13. The largest absolute Gasteiger partial charge is 0.368 e. The van der Waals surface area contributed by atoms with Crippen molar-refractivity contribution in [2.75, 3.05) is 31.1 Å². The van der Waals surface area contributed by atoms with E-state index < -0.39 is 11.1 Å². The first-order valence-corrected chi connectivity index (χ1v) is 11.0. The Morgan fingerprint density at radius 1 is 0.906 bits per heavy atom. The standard InChI is InChI=1S/C24H25ClN4O3/c1-2-12-28-20-5-3-4-6-21(20)29(24(32)23(28)31)13-11-22(30)27-16-14-26(15-17-27)19-9-7-18(25)8-10-19/h2-10H,1,11-17H2. The van der Waals surface area contributed by atoms with Gasteiger partial charge >= 0.3 is 11.1 Å². The molecule has 0 spiro atoms. The van der Waals surface area contributed by atoms with Crippen molar-refractivity contribution in [3.63, 3.8) is 0 Å². The average Bonchev–Trinajstić information content (AvgIpc) is 2.82. The van der Waals surface area contributed by atoms with E-state index in [2.05, 4.69) is 11.5 Å². The van der Waals surface area contributed by atoms with Gasteiger partial charge < -0.3 is 14.4 Å². The fraction of sp³-hybridized carbons (Fsp3) is 0.292. The van der Waals surface area contributed by atoms with E-state index in [9.17, 15) is 14.4 Å². The zero-order valence-electron chi connectivity index (χ0n) is 17.7. The predicted octanol–water partition coefficient (Wildman–Crippen LogP) is 2.74. The van der Waals surface area contributed by atoms with Gasteiger partial charge in [-0.05, 0) is 36.4 Å². The van der Waals surface area contributed by atoms with Gasteiger partial charge in [-0.1, -0.05) is 29.8 Å². The van der Waals surface area contributed by atoms with Crippen LogP contribution in [0.5, 0.6) is 0 Å². The first kappa shape index (κ1) is 21.9. The summed E-state index contributed by atoms with van der Waals surface area (Å²) in [4.78, 5) is 42.2. The van der Waals surface area contributed by atoms with Gasteiger partial charge in [0.2, 0.25) is 5.91 Å². The van der Waals surface area contributed by atoms with Crippen LogP contribution in [-0.4, -0.2) is 46.1 Å². The zero-order valence-corrected chi connectivity index (χ0v) is 18.5. The number of hydrogen-bond donors (Lipinski definition) is 0. The highest BCUT2D eigenvalue weighted by atomic mass is 35.5. The van der Waals surface area contributed by atoms with Crippen LogP contribution in [0.4, 0.5) is 5.69 Å². The number of carbonyl (C=O) groups is 1. The molecule has 1 amide bonds. The summed E-state index contributed by atoms with van der Waals surface area (Å²) in [6.07, 6.45) is 1.75. The molecule has 1 aliphatic heterocycles. The van der Waals surface area contributed by atoms with Gasteiger partial charge in [0, 0.05) is 56.4 Å². The molecule has 32 heavy (non-hydrogen) atoms. The number of benzene rings is 2. The molecule has 1 aliphatic rings. The van der Waals surface area contributed by atoms with Gasteiger partial charge in [0.05, 0.1) is 11.0 Å². The molecule has 0 unspecified atom stereocenters.